The van der Waals surface area contributed by atoms with E-state index in [2.05, 4.69) is 45.9 Å². The van der Waals surface area contributed by atoms with Gasteiger partial charge >= 0.3 is 0 Å². The van der Waals surface area contributed by atoms with E-state index >= 15 is 0 Å². The van der Waals surface area contributed by atoms with Crippen molar-refractivity contribution in [2.45, 2.75) is 19.6 Å². The highest BCUT2D eigenvalue weighted by Crippen LogP contribution is 2.26. The fraction of sp³-hybridized carbons (Fsp3) is 0.333. The molecule has 1 aromatic heterocycles. The molecule has 0 aliphatic carbocycles. The number of methoxy groups -OCH3 is 1. The van der Waals surface area contributed by atoms with Gasteiger partial charge in [0.2, 0.25) is 0 Å². The first-order valence-corrected chi connectivity index (χ1v) is 9.98. The second-order valence-electron chi connectivity index (χ2n) is 5.12. The molecule has 6 heteroatoms. The van der Waals surface area contributed by atoms with Gasteiger partial charge in [0.05, 0.1) is 22.6 Å². The molecule has 0 aliphatic heterocycles. The van der Waals surface area contributed by atoms with Crippen LogP contribution in [-0.2, 0) is 0 Å². The summed E-state index contributed by atoms with van der Waals surface area (Å²) in [5, 5.41) is 9.55. The Morgan fingerprint density at radius 3 is 2.56 bits per heavy atom. The number of hydrogen-bond donors (Lipinski definition) is 0. The topological polar surface area (TPSA) is 39.9 Å². The molecule has 2 aromatic rings. The molecule has 4 nitrogen and oxygen atoms in total. The summed E-state index contributed by atoms with van der Waals surface area (Å²) in [5.74, 6) is 0.789. The smallest absolute Gasteiger partial charge is 0.135 e. The van der Waals surface area contributed by atoms with Crippen molar-refractivity contribution in [3.05, 3.63) is 28.9 Å². The highest BCUT2D eigenvalue weighted by atomic mass is 79.9. The van der Waals surface area contributed by atoms with E-state index in [1.54, 1.807) is 11.8 Å². The van der Waals surface area contributed by atoms with Crippen LogP contribution in [0.15, 0.2) is 28.9 Å². The number of benzene rings is 1. The van der Waals surface area contributed by atoms with Crippen molar-refractivity contribution in [1.82, 2.24) is 15.0 Å². The van der Waals surface area contributed by atoms with Gasteiger partial charge in [-0.3, -0.25) is 0 Å². The van der Waals surface area contributed by atoms with Crippen molar-refractivity contribution < 1.29 is 4.74 Å². The molecule has 96 valence electrons. The van der Waals surface area contributed by atoms with Gasteiger partial charge in [-0.05, 0) is 28.1 Å². The van der Waals surface area contributed by atoms with Crippen LogP contribution in [0.4, 0.5) is 0 Å². The van der Waals surface area contributed by atoms with Gasteiger partial charge in [-0.15, -0.1) is 5.10 Å². The fourth-order valence-corrected chi connectivity index (χ4v) is 2.79. The molecule has 0 atom stereocenters. The van der Waals surface area contributed by atoms with Gasteiger partial charge in [-0.2, -0.15) is 0 Å². The van der Waals surface area contributed by atoms with Crippen molar-refractivity contribution >= 4 is 29.3 Å². The van der Waals surface area contributed by atoms with Crippen LogP contribution in [0.25, 0.3) is 5.69 Å². The van der Waals surface area contributed by atoms with Crippen LogP contribution < -0.4 is 10.1 Å². The van der Waals surface area contributed by atoms with Gasteiger partial charge < -0.3 is 4.74 Å². The Morgan fingerprint density at radius 1 is 1.28 bits per heavy atom. The average Bonchev–Trinajstić information content (AvgIpc) is 2.78. The summed E-state index contributed by atoms with van der Waals surface area (Å²) in [5.41, 5.74) is 0.951. The largest absolute Gasteiger partial charge is 0.495 e. The van der Waals surface area contributed by atoms with E-state index in [4.69, 9.17) is 4.74 Å². The maximum atomic E-state index is 5.28. The molecule has 0 fully saturated rings. The lowest BCUT2D eigenvalue weighted by Crippen LogP contribution is -2.38. The third-order valence-electron chi connectivity index (χ3n) is 2.66. The lowest BCUT2D eigenvalue weighted by molar-refractivity contribution is 0.412. The minimum Gasteiger partial charge on any atom is -0.495 e. The SMILES string of the molecule is COc1cc(-n2cc([Si](C)(C)C)nn2)ccc1Br. The summed E-state index contributed by atoms with van der Waals surface area (Å²) >= 11 is 3.44. The van der Waals surface area contributed by atoms with E-state index in [0.29, 0.717) is 0 Å². The third-order valence-corrected chi connectivity index (χ3v) is 5.08. The second-order valence-corrected chi connectivity index (χ2v) is 11.0. The van der Waals surface area contributed by atoms with Crippen molar-refractivity contribution in [2.75, 3.05) is 7.11 Å². The highest BCUT2D eigenvalue weighted by Gasteiger charge is 2.20. The van der Waals surface area contributed by atoms with Crippen LogP contribution in [0.5, 0.6) is 5.75 Å². The van der Waals surface area contributed by atoms with Gasteiger partial charge in [0.25, 0.3) is 0 Å². The molecule has 0 radical (unpaired) electrons. The van der Waals surface area contributed by atoms with Gasteiger partial charge in [-0.25, -0.2) is 4.68 Å². The Hall–Kier alpha value is -1.14. The van der Waals surface area contributed by atoms with E-state index in [1.807, 2.05) is 24.4 Å². The Morgan fingerprint density at radius 2 is 2.00 bits per heavy atom. The van der Waals surface area contributed by atoms with Crippen LogP contribution in [0.2, 0.25) is 19.6 Å². The summed E-state index contributed by atoms with van der Waals surface area (Å²) in [4.78, 5) is 0. The summed E-state index contributed by atoms with van der Waals surface area (Å²) in [6.45, 7) is 6.76. The normalized spacial score (nSPS) is 11.6. The molecule has 0 N–H and O–H groups in total. The maximum absolute atomic E-state index is 5.28. The lowest BCUT2D eigenvalue weighted by Gasteiger charge is -2.10. The first-order chi connectivity index (χ1) is 8.41. The Labute approximate surface area is 116 Å². The molecule has 1 heterocycles. The molecule has 0 amide bonds. The fourth-order valence-electron chi connectivity index (χ4n) is 1.52. The van der Waals surface area contributed by atoms with E-state index in [0.717, 1.165) is 21.2 Å². The van der Waals surface area contributed by atoms with Crippen molar-refractivity contribution in [3.8, 4) is 11.4 Å². The molecule has 0 spiro atoms. The average molecular weight is 326 g/mol. The molecule has 0 aliphatic rings. The van der Waals surface area contributed by atoms with Crippen LogP contribution >= 0.6 is 15.9 Å². The Balaban J connectivity index is 2.40. The Bertz CT molecular complexity index is 563. The van der Waals surface area contributed by atoms with E-state index in [9.17, 15) is 0 Å². The van der Waals surface area contributed by atoms with Gasteiger partial charge in [-0.1, -0.05) is 24.9 Å². The van der Waals surface area contributed by atoms with Gasteiger partial charge in [0.1, 0.15) is 13.8 Å². The van der Waals surface area contributed by atoms with Crippen molar-refractivity contribution in [1.29, 1.82) is 0 Å². The van der Waals surface area contributed by atoms with Crippen molar-refractivity contribution in [3.63, 3.8) is 0 Å². The predicted molar refractivity (Wildman–Crippen MR) is 78.6 cm³/mol. The van der Waals surface area contributed by atoms with E-state index in [-0.39, 0.29) is 0 Å². The standard InChI is InChI=1S/C12H16BrN3OSi/c1-17-11-7-9(5-6-10(11)13)16-8-12(14-15-16)18(2,3)4/h5-8H,1-4H3. The molecular weight excluding hydrogens is 310 g/mol. The molecule has 0 saturated heterocycles. The van der Waals surface area contributed by atoms with Gasteiger partial charge in [0.15, 0.2) is 0 Å². The number of hydrogen-bond acceptors (Lipinski definition) is 3. The maximum Gasteiger partial charge on any atom is 0.135 e. The summed E-state index contributed by atoms with van der Waals surface area (Å²) in [7, 11) is 0.238. The van der Waals surface area contributed by atoms with Gasteiger partial charge in [0, 0.05) is 12.3 Å². The molecule has 2 rings (SSSR count). The quantitative estimate of drug-likeness (QED) is 0.814. The lowest BCUT2D eigenvalue weighted by atomic mass is 10.3. The summed E-state index contributed by atoms with van der Waals surface area (Å²) in [6.07, 6.45) is 2.01. The zero-order chi connectivity index (χ0) is 13.3. The zero-order valence-corrected chi connectivity index (χ0v) is 13.5. The molecular formula is C12H16BrN3OSi. The number of nitrogens with zero attached hydrogens (tertiary/aromatic N) is 3. The second kappa shape index (κ2) is 4.85. The summed E-state index contributed by atoms with van der Waals surface area (Å²) in [6, 6.07) is 5.87. The van der Waals surface area contributed by atoms with Crippen LogP contribution in [0.1, 0.15) is 0 Å². The van der Waals surface area contributed by atoms with Crippen LogP contribution in [0.3, 0.4) is 0 Å². The predicted octanol–water partition coefficient (Wildman–Crippen LogP) is 2.58. The number of halogens is 1. The van der Waals surface area contributed by atoms with E-state index < -0.39 is 8.07 Å². The number of ether oxygens (including phenoxy) is 1. The van der Waals surface area contributed by atoms with Crippen molar-refractivity contribution in [2.24, 2.45) is 0 Å². The Kier molecular flexibility index (Phi) is 3.58. The first kappa shape index (κ1) is 13.3. The summed E-state index contributed by atoms with van der Waals surface area (Å²) < 4.78 is 8.01. The van der Waals surface area contributed by atoms with Crippen LogP contribution in [-0.4, -0.2) is 30.2 Å². The molecule has 0 bridgehead atoms. The molecule has 18 heavy (non-hydrogen) atoms. The van der Waals surface area contributed by atoms with Crippen LogP contribution in [0, 0.1) is 0 Å². The number of rotatable bonds is 3. The molecule has 1 aromatic carbocycles. The zero-order valence-electron chi connectivity index (χ0n) is 10.9. The highest BCUT2D eigenvalue weighted by molar-refractivity contribution is 9.10. The molecule has 0 saturated carbocycles. The molecule has 0 unspecified atom stereocenters. The van der Waals surface area contributed by atoms with E-state index in [1.165, 1.54) is 0 Å². The monoisotopic (exact) mass is 325 g/mol. The first-order valence-electron chi connectivity index (χ1n) is 5.68. The number of aromatic nitrogens is 3. The minimum atomic E-state index is -1.41. The minimum absolute atomic E-state index is 0.789. The third kappa shape index (κ3) is 2.64.